The van der Waals surface area contributed by atoms with Crippen molar-refractivity contribution >= 4 is 11.9 Å². The van der Waals surface area contributed by atoms with Gasteiger partial charge in [0.2, 0.25) is 5.91 Å². The maximum atomic E-state index is 12.0. The average Bonchev–Trinajstić information content (AvgIpc) is 2.63. The second-order valence-electron chi connectivity index (χ2n) is 5.78. The van der Waals surface area contributed by atoms with Crippen molar-refractivity contribution in [1.82, 2.24) is 5.32 Å². The van der Waals surface area contributed by atoms with Crippen molar-refractivity contribution in [3.8, 4) is 0 Å². The van der Waals surface area contributed by atoms with Gasteiger partial charge in [-0.1, -0.05) is 26.7 Å². The lowest BCUT2D eigenvalue weighted by molar-refractivity contribution is -0.139. The molecule has 5 heteroatoms. The first-order valence-electron chi connectivity index (χ1n) is 6.64. The number of nitrogens with two attached hydrogens (primary N) is 1. The van der Waals surface area contributed by atoms with Crippen LogP contribution in [0.5, 0.6) is 0 Å². The van der Waals surface area contributed by atoms with Crippen LogP contribution in [0.25, 0.3) is 0 Å². The van der Waals surface area contributed by atoms with E-state index in [2.05, 4.69) is 5.32 Å². The van der Waals surface area contributed by atoms with E-state index in [-0.39, 0.29) is 12.3 Å². The molecule has 1 rings (SSSR count). The van der Waals surface area contributed by atoms with E-state index in [0.29, 0.717) is 12.3 Å². The van der Waals surface area contributed by atoms with Crippen LogP contribution in [0.1, 0.15) is 52.4 Å². The number of amides is 1. The first-order chi connectivity index (χ1) is 8.34. The summed E-state index contributed by atoms with van der Waals surface area (Å²) in [6, 6.07) is -0.545. The topological polar surface area (TPSA) is 92.4 Å². The van der Waals surface area contributed by atoms with Gasteiger partial charge in [-0.05, 0) is 25.2 Å². The summed E-state index contributed by atoms with van der Waals surface area (Å²) in [7, 11) is 0. The summed E-state index contributed by atoms with van der Waals surface area (Å²) >= 11 is 0. The van der Waals surface area contributed by atoms with Crippen LogP contribution in [0.15, 0.2) is 0 Å². The van der Waals surface area contributed by atoms with Gasteiger partial charge in [0.05, 0.1) is 18.0 Å². The van der Waals surface area contributed by atoms with Crippen molar-refractivity contribution in [1.29, 1.82) is 0 Å². The Labute approximate surface area is 108 Å². The van der Waals surface area contributed by atoms with E-state index in [1.165, 1.54) is 0 Å². The van der Waals surface area contributed by atoms with E-state index in [1.807, 2.05) is 13.8 Å². The summed E-state index contributed by atoms with van der Waals surface area (Å²) in [6.07, 6.45) is 4.01. The van der Waals surface area contributed by atoms with Gasteiger partial charge in [0.25, 0.3) is 0 Å². The fourth-order valence-electron chi connectivity index (χ4n) is 2.66. The Morgan fingerprint density at radius 3 is 2.33 bits per heavy atom. The molecule has 0 bridgehead atoms. The number of nitrogens with one attached hydrogen (secondary N) is 1. The van der Waals surface area contributed by atoms with Gasteiger partial charge in [-0.25, -0.2) is 0 Å². The number of carboxylic acid groups (broad SMARTS) is 1. The van der Waals surface area contributed by atoms with E-state index < -0.39 is 17.6 Å². The molecule has 0 unspecified atom stereocenters. The van der Waals surface area contributed by atoms with Crippen LogP contribution < -0.4 is 11.1 Å². The SMILES string of the molecule is CC(C)C[C@H](N)C(=O)NC1(CC(=O)O)CCCC1. The molecule has 4 N–H and O–H groups in total. The van der Waals surface area contributed by atoms with E-state index >= 15 is 0 Å². The molecular formula is C13H24N2O3. The maximum absolute atomic E-state index is 12.0. The van der Waals surface area contributed by atoms with E-state index in [0.717, 1.165) is 25.7 Å². The predicted octanol–water partition coefficient (Wildman–Crippen LogP) is 1.26. The number of hydrogen-bond donors (Lipinski definition) is 3. The minimum atomic E-state index is -0.866. The molecule has 18 heavy (non-hydrogen) atoms. The van der Waals surface area contributed by atoms with Gasteiger partial charge in [0, 0.05) is 0 Å². The van der Waals surface area contributed by atoms with Gasteiger partial charge in [-0.15, -0.1) is 0 Å². The number of carboxylic acids is 1. The first-order valence-corrected chi connectivity index (χ1v) is 6.64. The highest BCUT2D eigenvalue weighted by Crippen LogP contribution is 2.32. The molecular weight excluding hydrogens is 232 g/mol. The number of hydrogen-bond acceptors (Lipinski definition) is 3. The van der Waals surface area contributed by atoms with Crippen LogP contribution in [0.3, 0.4) is 0 Å². The molecule has 0 radical (unpaired) electrons. The molecule has 0 aromatic rings. The Kier molecular flexibility index (Phi) is 5.14. The minimum Gasteiger partial charge on any atom is -0.481 e. The van der Waals surface area contributed by atoms with Crippen LogP contribution >= 0.6 is 0 Å². The van der Waals surface area contributed by atoms with E-state index in [4.69, 9.17) is 10.8 Å². The standard InChI is InChI=1S/C13H24N2O3/c1-9(2)7-10(14)12(18)15-13(8-11(16)17)5-3-4-6-13/h9-10H,3-8,14H2,1-2H3,(H,15,18)(H,16,17)/t10-/m0/s1. The van der Waals surface area contributed by atoms with Crippen molar-refractivity contribution in [2.75, 3.05) is 0 Å². The molecule has 0 saturated heterocycles. The van der Waals surface area contributed by atoms with Gasteiger partial charge < -0.3 is 16.2 Å². The fourth-order valence-corrected chi connectivity index (χ4v) is 2.66. The molecule has 0 aromatic heterocycles. The predicted molar refractivity (Wildman–Crippen MR) is 69.0 cm³/mol. The average molecular weight is 256 g/mol. The zero-order valence-corrected chi connectivity index (χ0v) is 11.2. The smallest absolute Gasteiger partial charge is 0.305 e. The summed E-state index contributed by atoms with van der Waals surface area (Å²) in [5, 5.41) is 11.8. The lowest BCUT2D eigenvalue weighted by Crippen LogP contribution is -2.53. The third-order valence-corrected chi connectivity index (χ3v) is 3.50. The molecule has 0 heterocycles. The summed E-state index contributed by atoms with van der Waals surface area (Å²) in [6.45, 7) is 4.02. The zero-order valence-electron chi connectivity index (χ0n) is 11.2. The van der Waals surface area contributed by atoms with Crippen molar-refractivity contribution in [2.24, 2.45) is 11.7 Å². The highest BCUT2D eigenvalue weighted by molar-refractivity contribution is 5.83. The molecule has 1 saturated carbocycles. The second-order valence-corrected chi connectivity index (χ2v) is 5.78. The molecule has 1 fully saturated rings. The lowest BCUT2D eigenvalue weighted by atomic mass is 9.92. The molecule has 5 nitrogen and oxygen atoms in total. The molecule has 0 aliphatic heterocycles. The Bertz CT molecular complexity index is 309. The molecule has 1 atom stereocenters. The first kappa shape index (κ1) is 15.0. The van der Waals surface area contributed by atoms with Gasteiger partial charge in [-0.3, -0.25) is 9.59 Å². The number of carbonyl (C=O) groups is 2. The molecule has 1 aliphatic rings. The molecule has 1 aliphatic carbocycles. The third kappa shape index (κ3) is 4.29. The van der Waals surface area contributed by atoms with Crippen LogP contribution in [0.2, 0.25) is 0 Å². The number of aliphatic carboxylic acids is 1. The Hall–Kier alpha value is -1.10. The van der Waals surface area contributed by atoms with Gasteiger partial charge >= 0.3 is 5.97 Å². The number of rotatable bonds is 6. The van der Waals surface area contributed by atoms with Gasteiger partial charge in [0.1, 0.15) is 0 Å². The second kappa shape index (κ2) is 6.18. The largest absolute Gasteiger partial charge is 0.481 e. The Morgan fingerprint density at radius 2 is 1.89 bits per heavy atom. The van der Waals surface area contributed by atoms with Crippen molar-refractivity contribution in [2.45, 2.75) is 64.0 Å². The maximum Gasteiger partial charge on any atom is 0.305 e. The Morgan fingerprint density at radius 1 is 1.33 bits per heavy atom. The van der Waals surface area contributed by atoms with Gasteiger partial charge in [0.15, 0.2) is 0 Å². The van der Waals surface area contributed by atoms with Crippen LogP contribution in [0.4, 0.5) is 0 Å². The minimum absolute atomic E-state index is 0.00681. The summed E-state index contributed by atoms with van der Waals surface area (Å²) in [5.74, 6) is -0.730. The highest BCUT2D eigenvalue weighted by atomic mass is 16.4. The van der Waals surface area contributed by atoms with Crippen LogP contribution in [0, 0.1) is 5.92 Å². The van der Waals surface area contributed by atoms with Crippen molar-refractivity contribution in [3.63, 3.8) is 0 Å². The van der Waals surface area contributed by atoms with Crippen LogP contribution in [-0.4, -0.2) is 28.6 Å². The van der Waals surface area contributed by atoms with Gasteiger partial charge in [-0.2, -0.15) is 0 Å². The summed E-state index contributed by atoms with van der Waals surface area (Å²) < 4.78 is 0. The fraction of sp³-hybridized carbons (Fsp3) is 0.846. The normalized spacial score (nSPS) is 19.8. The zero-order chi connectivity index (χ0) is 13.8. The Balaban J connectivity index is 2.61. The third-order valence-electron chi connectivity index (χ3n) is 3.50. The highest BCUT2D eigenvalue weighted by Gasteiger charge is 2.38. The van der Waals surface area contributed by atoms with Crippen molar-refractivity contribution in [3.05, 3.63) is 0 Å². The molecule has 0 spiro atoms. The summed E-state index contributed by atoms with van der Waals surface area (Å²) in [5.41, 5.74) is 5.25. The van der Waals surface area contributed by atoms with E-state index in [1.54, 1.807) is 0 Å². The quantitative estimate of drug-likeness (QED) is 0.667. The van der Waals surface area contributed by atoms with Crippen LogP contribution in [-0.2, 0) is 9.59 Å². The monoisotopic (exact) mass is 256 g/mol. The van der Waals surface area contributed by atoms with E-state index in [9.17, 15) is 9.59 Å². The number of carbonyl (C=O) groups excluding carboxylic acids is 1. The lowest BCUT2D eigenvalue weighted by Gasteiger charge is -2.30. The summed E-state index contributed by atoms with van der Waals surface area (Å²) in [4.78, 5) is 22.9. The van der Waals surface area contributed by atoms with Crippen molar-refractivity contribution < 1.29 is 14.7 Å². The molecule has 0 aromatic carbocycles. The molecule has 104 valence electrons. The molecule has 1 amide bonds.